The van der Waals surface area contributed by atoms with Crippen LogP contribution in [0.25, 0.3) is 0 Å². The SMILES string of the molecule is N#Cc1c(N)ncnc1NC(CC(F)(F)F)C1Nn2cccc2C(=O)N1c1ccccc1. The number of rotatable bonds is 5. The van der Waals surface area contributed by atoms with Gasteiger partial charge in [-0.1, -0.05) is 18.2 Å². The molecule has 4 rings (SSSR count). The first-order chi connectivity index (χ1) is 15.3. The molecule has 2 unspecified atom stereocenters. The Balaban J connectivity index is 1.80. The van der Waals surface area contributed by atoms with Crippen LogP contribution >= 0.6 is 0 Å². The monoisotopic (exact) mass is 442 g/mol. The molecule has 1 aliphatic rings. The van der Waals surface area contributed by atoms with Gasteiger partial charge in [-0.2, -0.15) is 18.4 Å². The van der Waals surface area contributed by atoms with Gasteiger partial charge >= 0.3 is 6.18 Å². The summed E-state index contributed by atoms with van der Waals surface area (Å²) in [5.41, 5.74) is 9.12. The highest BCUT2D eigenvalue weighted by molar-refractivity contribution is 6.06. The molecule has 2 aromatic heterocycles. The Morgan fingerprint density at radius 1 is 1.22 bits per heavy atom. The molecule has 32 heavy (non-hydrogen) atoms. The number of nitriles is 1. The minimum atomic E-state index is -4.59. The van der Waals surface area contributed by atoms with Crippen molar-refractivity contribution in [2.75, 3.05) is 21.4 Å². The molecule has 1 aromatic carbocycles. The zero-order chi connectivity index (χ0) is 22.9. The van der Waals surface area contributed by atoms with E-state index in [9.17, 15) is 23.2 Å². The van der Waals surface area contributed by atoms with Gasteiger partial charge in [-0.15, -0.1) is 0 Å². The number of nitrogen functional groups attached to an aromatic ring is 1. The molecule has 12 heteroatoms. The van der Waals surface area contributed by atoms with Crippen LogP contribution in [0.15, 0.2) is 55.0 Å². The number of nitrogens with zero attached hydrogens (tertiary/aromatic N) is 5. The highest BCUT2D eigenvalue weighted by atomic mass is 19.4. The predicted octanol–water partition coefficient (Wildman–Crippen LogP) is 2.70. The third kappa shape index (κ3) is 4.00. The topological polar surface area (TPSA) is 125 Å². The van der Waals surface area contributed by atoms with E-state index in [1.165, 1.54) is 15.8 Å². The van der Waals surface area contributed by atoms with E-state index in [-0.39, 0.29) is 22.9 Å². The fraction of sp³-hybridized carbons (Fsp3) is 0.200. The Kier molecular flexibility index (Phi) is 5.31. The third-order valence-electron chi connectivity index (χ3n) is 4.91. The fourth-order valence-corrected chi connectivity index (χ4v) is 3.54. The smallest absolute Gasteiger partial charge is 0.382 e. The van der Waals surface area contributed by atoms with Gasteiger partial charge in [-0.05, 0) is 24.3 Å². The van der Waals surface area contributed by atoms with Crippen LogP contribution in [0.2, 0.25) is 0 Å². The van der Waals surface area contributed by atoms with Crippen LogP contribution in [0.4, 0.5) is 30.5 Å². The van der Waals surface area contributed by atoms with Crippen LogP contribution in [0.1, 0.15) is 22.5 Å². The molecule has 3 aromatic rings. The van der Waals surface area contributed by atoms with Crippen molar-refractivity contribution in [3.63, 3.8) is 0 Å². The number of carbonyl (C=O) groups excluding carboxylic acids is 1. The number of amides is 1. The molecule has 0 saturated heterocycles. The highest BCUT2D eigenvalue weighted by Gasteiger charge is 2.43. The molecule has 1 amide bonds. The molecular formula is C20H17F3N8O. The summed E-state index contributed by atoms with van der Waals surface area (Å²) in [6, 6.07) is 11.9. The van der Waals surface area contributed by atoms with E-state index in [2.05, 4.69) is 20.7 Å². The average Bonchev–Trinajstić information content (AvgIpc) is 3.22. The summed E-state index contributed by atoms with van der Waals surface area (Å²) in [7, 11) is 0. The Morgan fingerprint density at radius 2 is 1.97 bits per heavy atom. The van der Waals surface area contributed by atoms with Crippen LogP contribution in [-0.2, 0) is 0 Å². The summed E-state index contributed by atoms with van der Waals surface area (Å²) >= 11 is 0. The zero-order valence-electron chi connectivity index (χ0n) is 16.4. The van der Waals surface area contributed by atoms with Gasteiger partial charge in [0.25, 0.3) is 5.91 Å². The summed E-state index contributed by atoms with van der Waals surface area (Å²) in [4.78, 5) is 22.1. The molecule has 0 saturated carbocycles. The largest absolute Gasteiger partial charge is 0.391 e. The van der Waals surface area contributed by atoms with Gasteiger partial charge in [0, 0.05) is 11.9 Å². The molecular weight excluding hydrogens is 425 g/mol. The van der Waals surface area contributed by atoms with E-state index >= 15 is 0 Å². The van der Waals surface area contributed by atoms with Crippen molar-refractivity contribution >= 4 is 23.2 Å². The second-order valence-electron chi connectivity index (χ2n) is 7.01. The predicted molar refractivity (Wildman–Crippen MR) is 110 cm³/mol. The van der Waals surface area contributed by atoms with Crippen molar-refractivity contribution in [3.8, 4) is 6.07 Å². The molecule has 2 atom stereocenters. The normalized spacial score (nSPS) is 16.6. The Bertz CT molecular complexity index is 1170. The maximum Gasteiger partial charge on any atom is 0.391 e. The van der Waals surface area contributed by atoms with Gasteiger partial charge in [0.15, 0.2) is 0 Å². The van der Waals surface area contributed by atoms with E-state index in [1.807, 2.05) is 0 Å². The molecule has 3 heterocycles. The van der Waals surface area contributed by atoms with Crippen molar-refractivity contribution in [2.45, 2.75) is 24.8 Å². The Labute approximate surface area is 180 Å². The molecule has 164 valence electrons. The second-order valence-corrected chi connectivity index (χ2v) is 7.01. The van der Waals surface area contributed by atoms with Gasteiger partial charge in [-0.25, -0.2) is 9.97 Å². The zero-order valence-corrected chi connectivity index (χ0v) is 16.4. The molecule has 4 N–H and O–H groups in total. The summed E-state index contributed by atoms with van der Waals surface area (Å²) in [5, 5.41) is 12.0. The van der Waals surface area contributed by atoms with E-state index in [0.717, 1.165) is 6.33 Å². The van der Waals surface area contributed by atoms with Crippen molar-refractivity contribution in [2.24, 2.45) is 0 Å². The molecule has 0 radical (unpaired) electrons. The number of alkyl halides is 3. The molecule has 0 aliphatic carbocycles. The number of para-hydroxylation sites is 1. The number of nitrogens with two attached hydrogens (primary N) is 1. The van der Waals surface area contributed by atoms with E-state index < -0.39 is 30.7 Å². The highest BCUT2D eigenvalue weighted by Crippen LogP contribution is 2.31. The average molecular weight is 442 g/mol. The summed E-state index contributed by atoms with van der Waals surface area (Å²) in [6.07, 6.45) is -4.52. The van der Waals surface area contributed by atoms with E-state index in [4.69, 9.17) is 5.73 Å². The first-order valence-corrected chi connectivity index (χ1v) is 9.45. The number of nitrogens with one attached hydrogen (secondary N) is 2. The van der Waals surface area contributed by atoms with Gasteiger partial charge in [-0.3, -0.25) is 14.4 Å². The third-order valence-corrected chi connectivity index (χ3v) is 4.91. The fourth-order valence-electron chi connectivity index (χ4n) is 3.54. The number of anilines is 3. The van der Waals surface area contributed by atoms with Crippen LogP contribution in [0.3, 0.4) is 0 Å². The van der Waals surface area contributed by atoms with Crippen LogP contribution in [-0.4, -0.2) is 38.9 Å². The number of fused-ring (bicyclic) bond motifs is 1. The lowest BCUT2D eigenvalue weighted by Crippen LogP contribution is -2.61. The number of halogens is 3. The molecule has 0 bridgehead atoms. The summed E-state index contributed by atoms with van der Waals surface area (Å²) in [6.45, 7) is 0. The quantitative estimate of drug-likeness (QED) is 0.555. The maximum atomic E-state index is 13.6. The van der Waals surface area contributed by atoms with Gasteiger partial charge in [0.05, 0.1) is 12.5 Å². The minimum Gasteiger partial charge on any atom is -0.382 e. The Hall–Kier alpha value is -4.27. The van der Waals surface area contributed by atoms with Crippen molar-refractivity contribution in [1.29, 1.82) is 5.26 Å². The number of benzene rings is 1. The molecule has 9 nitrogen and oxygen atoms in total. The van der Waals surface area contributed by atoms with Crippen molar-refractivity contribution in [1.82, 2.24) is 14.6 Å². The van der Waals surface area contributed by atoms with Crippen LogP contribution in [0.5, 0.6) is 0 Å². The molecule has 0 spiro atoms. The standard InChI is InChI=1S/C20H17F3N8O/c21-20(22,23)9-14(28-17-13(10-24)16(25)26-11-27-17)18-29-30-8-4-7-15(30)19(32)31(18)12-5-2-1-3-6-12/h1-8,11,14,18,29H,9H2,(H3,25,26,27,28). The van der Waals surface area contributed by atoms with E-state index in [1.54, 1.807) is 48.5 Å². The number of aromatic nitrogens is 3. The maximum absolute atomic E-state index is 13.6. The lowest BCUT2D eigenvalue weighted by Gasteiger charge is -2.42. The first-order valence-electron chi connectivity index (χ1n) is 9.45. The second kappa shape index (κ2) is 8.10. The van der Waals surface area contributed by atoms with Gasteiger partial charge < -0.3 is 16.5 Å². The summed E-state index contributed by atoms with van der Waals surface area (Å²) < 4.78 is 42.1. The number of hydrogen-bond acceptors (Lipinski definition) is 7. The Morgan fingerprint density at radius 3 is 2.66 bits per heavy atom. The summed E-state index contributed by atoms with van der Waals surface area (Å²) in [5.74, 6) is -0.813. The number of hydrogen-bond donors (Lipinski definition) is 3. The van der Waals surface area contributed by atoms with Crippen LogP contribution < -0.4 is 21.4 Å². The van der Waals surface area contributed by atoms with Crippen molar-refractivity contribution in [3.05, 3.63) is 66.2 Å². The lowest BCUT2D eigenvalue weighted by atomic mass is 10.1. The molecule has 1 aliphatic heterocycles. The molecule has 0 fully saturated rings. The first kappa shape index (κ1) is 21.0. The van der Waals surface area contributed by atoms with Crippen LogP contribution in [0, 0.1) is 11.3 Å². The van der Waals surface area contributed by atoms with Crippen molar-refractivity contribution < 1.29 is 18.0 Å². The van der Waals surface area contributed by atoms with E-state index in [0.29, 0.717) is 5.69 Å². The lowest BCUT2D eigenvalue weighted by molar-refractivity contribution is -0.137. The number of carbonyl (C=O) groups is 1. The van der Waals surface area contributed by atoms with Gasteiger partial charge in [0.1, 0.15) is 41.5 Å². The minimum absolute atomic E-state index is 0.158. The van der Waals surface area contributed by atoms with Gasteiger partial charge in [0.2, 0.25) is 0 Å².